The van der Waals surface area contributed by atoms with Gasteiger partial charge in [0.25, 0.3) is 17.4 Å². The van der Waals surface area contributed by atoms with Gasteiger partial charge in [0.05, 0.1) is 29.6 Å². The molecule has 2 aromatic rings. The summed E-state index contributed by atoms with van der Waals surface area (Å²) in [6, 6.07) is 11.5. The Kier molecular flexibility index (Phi) is 5.73. The topological polar surface area (TPSA) is 139 Å². The van der Waals surface area contributed by atoms with Crippen LogP contribution >= 0.6 is 0 Å². The van der Waals surface area contributed by atoms with Gasteiger partial charge in [-0.1, -0.05) is 12.1 Å². The summed E-state index contributed by atoms with van der Waals surface area (Å²) in [6.07, 6.45) is 1.03. The van der Waals surface area contributed by atoms with E-state index < -0.39 is 37.2 Å². The monoisotopic (exact) mass is 496 g/mol. The molecule has 1 N–H and O–H groups in total. The van der Waals surface area contributed by atoms with Crippen LogP contribution in [-0.2, 0) is 27.7 Å². The van der Waals surface area contributed by atoms with Crippen molar-refractivity contribution in [2.24, 2.45) is 0 Å². The van der Waals surface area contributed by atoms with Crippen LogP contribution in [0.1, 0.15) is 44.8 Å². The summed E-state index contributed by atoms with van der Waals surface area (Å²) in [5.74, 6) is -0.973. The number of fused-ring (bicyclic) bond motifs is 1. The van der Waals surface area contributed by atoms with Gasteiger partial charge in [0.1, 0.15) is 16.5 Å². The number of sulfone groups is 1. The molecule has 11 heteroatoms. The van der Waals surface area contributed by atoms with Gasteiger partial charge in [-0.3, -0.25) is 14.4 Å². The van der Waals surface area contributed by atoms with Crippen molar-refractivity contribution < 1.29 is 22.7 Å². The van der Waals surface area contributed by atoms with Gasteiger partial charge in [0.15, 0.2) is 9.84 Å². The van der Waals surface area contributed by atoms with Crippen LogP contribution < -0.4 is 10.9 Å². The first kappa shape index (κ1) is 23.3. The molecule has 10 nitrogen and oxygen atoms in total. The Balaban J connectivity index is 1.29. The molecule has 2 aliphatic heterocycles. The van der Waals surface area contributed by atoms with Crippen molar-refractivity contribution in [2.45, 2.75) is 35.9 Å². The first-order valence-electron chi connectivity index (χ1n) is 11.4. The number of carbonyl (C=O) groups excluding carboxylic acids is 2. The molecule has 1 saturated carbocycles. The molecule has 0 atom stereocenters. The maximum Gasteiger partial charge on any atom is 0.270 e. The predicted octanol–water partition coefficient (Wildman–Crippen LogP) is 0.452. The minimum atomic E-state index is -3.41. The van der Waals surface area contributed by atoms with Crippen molar-refractivity contribution in [3.63, 3.8) is 0 Å². The fourth-order valence-corrected chi connectivity index (χ4v) is 6.80. The van der Waals surface area contributed by atoms with E-state index in [2.05, 4.69) is 5.32 Å². The minimum absolute atomic E-state index is 0.0742. The van der Waals surface area contributed by atoms with Gasteiger partial charge in [-0.05, 0) is 42.7 Å². The highest BCUT2D eigenvalue weighted by Crippen LogP contribution is 2.47. The molecular weight excluding hydrogens is 472 g/mol. The molecule has 0 spiro atoms. The molecule has 3 aliphatic rings. The van der Waals surface area contributed by atoms with Crippen molar-refractivity contribution in [1.82, 2.24) is 14.8 Å². The van der Waals surface area contributed by atoms with Gasteiger partial charge in [-0.15, -0.1) is 0 Å². The Morgan fingerprint density at radius 3 is 2.43 bits per heavy atom. The largest absolute Gasteiger partial charge is 0.379 e. The molecule has 35 heavy (non-hydrogen) atoms. The number of ether oxygens (including phenoxy) is 1. The molecule has 1 aromatic carbocycles. The Labute approximate surface area is 202 Å². The zero-order valence-corrected chi connectivity index (χ0v) is 19.7. The Bertz CT molecular complexity index is 1400. The van der Waals surface area contributed by atoms with Gasteiger partial charge in [0.2, 0.25) is 0 Å². The van der Waals surface area contributed by atoms with Crippen molar-refractivity contribution in [3.8, 4) is 6.07 Å². The summed E-state index contributed by atoms with van der Waals surface area (Å²) in [5.41, 5.74) is 0.792. The SMILES string of the molecule is N#Cc1ccc(CNC(=O)c2ccc3n(c2=O)CCN(CC2(S(=O)(=O)C4COC4)CC2)C3=O)cc1. The van der Waals surface area contributed by atoms with Crippen molar-refractivity contribution in [3.05, 3.63) is 69.1 Å². The van der Waals surface area contributed by atoms with E-state index in [4.69, 9.17) is 10.00 Å². The molecular formula is C24H24N4O6S. The smallest absolute Gasteiger partial charge is 0.270 e. The highest BCUT2D eigenvalue weighted by Gasteiger charge is 2.59. The van der Waals surface area contributed by atoms with E-state index in [0.29, 0.717) is 18.4 Å². The summed E-state index contributed by atoms with van der Waals surface area (Å²) >= 11 is 0. The lowest BCUT2D eigenvalue weighted by molar-refractivity contribution is 0.0407. The van der Waals surface area contributed by atoms with Crippen LogP contribution in [0.4, 0.5) is 0 Å². The lowest BCUT2D eigenvalue weighted by atomic mass is 10.1. The van der Waals surface area contributed by atoms with Crippen LogP contribution in [0.15, 0.2) is 41.2 Å². The molecule has 5 rings (SSSR count). The number of pyridine rings is 1. The quantitative estimate of drug-likeness (QED) is 0.587. The van der Waals surface area contributed by atoms with Crippen molar-refractivity contribution in [1.29, 1.82) is 5.26 Å². The van der Waals surface area contributed by atoms with E-state index in [1.807, 2.05) is 6.07 Å². The van der Waals surface area contributed by atoms with Crippen LogP contribution in [0.3, 0.4) is 0 Å². The minimum Gasteiger partial charge on any atom is -0.379 e. The molecule has 1 aliphatic carbocycles. The third kappa shape index (κ3) is 4.02. The molecule has 0 radical (unpaired) electrons. The van der Waals surface area contributed by atoms with E-state index in [-0.39, 0.29) is 50.7 Å². The molecule has 3 heterocycles. The zero-order valence-electron chi connectivity index (χ0n) is 18.9. The van der Waals surface area contributed by atoms with Gasteiger partial charge in [-0.25, -0.2) is 8.42 Å². The number of nitrogens with zero attached hydrogens (tertiary/aromatic N) is 3. The molecule has 2 amide bonds. The number of hydrogen-bond donors (Lipinski definition) is 1. The number of nitriles is 1. The van der Waals surface area contributed by atoms with E-state index in [1.54, 1.807) is 24.3 Å². The normalized spacial score (nSPS) is 18.8. The highest BCUT2D eigenvalue weighted by atomic mass is 32.2. The molecule has 0 unspecified atom stereocenters. The van der Waals surface area contributed by atoms with Crippen LogP contribution in [0.5, 0.6) is 0 Å². The maximum atomic E-state index is 13.1. The van der Waals surface area contributed by atoms with E-state index in [9.17, 15) is 22.8 Å². The second kappa shape index (κ2) is 8.62. The fraction of sp³-hybridized carbons (Fsp3) is 0.417. The summed E-state index contributed by atoms with van der Waals surface area (Å²) in [7, 11) is -3.41. The number of benzene rings is 1. The van der Waals surface area contributed by atoms with Crippen LogP contribution in [0.25, 0.3) is 0 Å². The maximum absolute atomic E-state index is 13.1. The summed E-state index contributed by atoms with van der Waals surface area (Å²) in [6.45, 7) is 1.06. The lowest BCUT2D eigenvalue weighted by Gasteiger charge is -2.35. The molecule has 1 saturated heterocycles. The molecule has 2 fully saturated rings. The summed E-state index contributed by atoms with van der Waals surface area (Å²) in [4.78, 5) is 40.3. The van der Waals surface area contributed by atoms with Crippen LogP contribution in [-0.4, -0.2) is 66.0 Å². The number of amides is 2. The van der Waals surface area contributed by atoms with Gasteiger partial charge < -0.3 is 19.5 Å². The first-order valence-corrected chi connectivity index (χ1v) is 12.9. The highest BCUT2D eigenvalue weighted by molar-refractivity contribution is 7.93. The average molecular weight is 497 g/mol. The third-order valence-electron chi connectivity index (χ3n) is 6.99. The van der Waals surface area contributed by atoms with Crippen molar-refractivity contribution >= 4 is 21.7 Å². The molecule has 0 bridgehead atoms. The number of hydrogen-bond acceptors (Lipinski definition) is 7. The van der Waals surface area contributed by atoms with Gasteiger partial charge in [-0.2, -0.15) is 5.26 Å². The summed E-state index contributed by atoms with van der Waals surface area (Å²) in [5, 5.41) is 11.1. The van der Waals surface area contributed by atoms with Crippen LogP contribution in [0, 0.1) is 11.3 Å². The predicted molar refractivity (Wildman–Crippen MR) is 124 cm³/mol. The zero-order chi connectivity index (χ0) is 24.8. The standard InChI is InChI=1S/C24H24N4O6S/c25-11-16-1-3-17(4-2-16)12-26-21(29)19-5-6-20-23(31)27(9-10-28(20)22(19)30)15-24(7-8-24)35(32,33)18-13-34-14-18/h1-6,18H,7-10,12-15H2,(H,26,29). The Morgan fingerprint density at radius 1 is 1.11 bits per heavy atom. The Hall–Kier alpha value is -3.49. The molecule has 1 aromatic heterocycles. The lowest BCUT2D eigenvalue weighted by Crippen LogP contribution is -2.53. The second-order valence-corrected chi connectivity index (χ2v) is 11.8. The number of nitrogens with one attached hydrogen (secondary N) is 1. The van der Waals surface area contributed by atoms with E-state index >= 15 is 0 Å². The second-order valence-electron chi connectivity index (χ2n) is 9.19. The third-order valence-corrected chi connectivity index (χ3v) is 9.89. The first-order chi connectivity index (χ1) is 16.8. The number of aromatic nitrogens is 1. The average Bonchev–Trinajstić information content (AvgIpc) is 3.60. The van der Waals surface area contributed by atoms with Gasteiger partial charge in [0, 0.05) is 26.2 Å². The van der Waals surface area contributed by atoms with E-state index in [1.165, 1.54) is 21.6 Å². The number of rotatable bonds is 7. The van der Waals surface area contributed by atoms with Gasteiger partial charge >= 0.3 is 0 Å². The van der Waals surface area contributed by atoms with Crippen LogP contribution in [0.2, 0.25) is 0 Å². The molecule has 182 valence electrons. The van der Waals surface area contributed by atoms with E-state index in [0.717, 1.165) is 5.56 Å². The summed E-state index contributed by atoms with van der Waals surface area (Å²) < 4.78 is 31.3. The van der Waals surface area contributed by atoms with Crippen molar-refractivity contribution in [2.75, 3.05) is 26.3 Å². The number of carbonyl (C=O) groups is 2. The Morgan fingerprint density at radius 2 is 1.83 bits per heavy atom. The fourth-order valence-electron chi connectivity index (χ4n) is 4.54.